The number of hydrogen-bond acceptors (Lipinski definition) is 5. The Morgan fingerprint density at radius 2 is 2.09 bits per heavy atom. The number of nitrogens with zero attached hydrogens (tertiary/aromatic N) is 4. The van der Waals surface area contributed by atoms with E-state index < -0.39 is 11.9 Å². The number of anilines is 1. The van der Waals surface area contributed by atoms with Gasteiger partial charge < -0.3 is 10.0 Å². The van der Waals surface area contributed by atoms with Crippen LogP contribution in [0.15, 0.2) is 30.5 Å². The summed E-state index contributed by atoms with van der Waals surface area (Å²) < 4.78 is 39.5. The third-order valence-corrected chi connectivity index (χ3v) is 3.78. The number of aliphatic hydroxyl groups is 1. The molecule has 0 amide bonds. The fraction of sp³-hybridized carbons (Fsp3) is 0.400. The summed E-state index contributed by atoms with van der Waals surface area (Å²) in [6.45, 7) is 0.436. The van der Waals surface area contributed by atoms with Crippen molar-refractivity contribution in [2.75, 3.05) is 18.1 Å². The SMILES string of the molecule is OC[C@@H]1CCCN1c1cc(C(F)(F)F)nc(-c2ccccn2)n1. The predicted octanol–water partition coefficient (Wildman–Crippen LogP) is 2.52. The van der Waals surface area contributed by atoms with Gasteiger partial charge in [-0.2, -0.15) is 13.2 Å². The first-order valence-corrected chi connectivity index (χ1v) is 7.24. The van der Waals surface area contributed by atoms with Crippen LogP contribution in [0.5, 0.6) is 0 Å². The van der Waals surface area contributed by atoms with Crippen molar-refractivity contribution in [2.24, 2.45) is 0 Å². The minimum absolute atomic E-state index is 0.0704. The van der Waals surface area contributed by atoms with Crippen molar-refractivity contribution in [3.8, 4) is 11.5 Å². The van der Waals surface area contributed by atoms with Crippen molar-refractivity contribution in [1.82, 2.24) is 15.0 Å². The van der Waals surface area contributed by atoms with Crippen molar-refractivity contribution in [1.29, 1.82) is 0 Å². The van der Waals surface area contributed by atoms with Crippen molar-refractivity contribution in [3.05, 3.63) is 36.2 Å². The monoisotopic (exact) mass is 324 g/mol. The van der Waals surface area contributed by atoms with Gasteiger partial charge in [-0.25, -0.2) is 9.97 Å². The topological polar surface area (TPSA) is 62.1 Å². The lowest BCUT2D eigenvalue weighted by atomic mass is 10.2. The van der Waals surface area contributed by atoms with E-state index in [0.29, 0.717) is 6.54 Å². The highest BCUT2D eigenvalue weighted by Gasteiger charge is 2.35. The molecular formula is C15H15F3N4O. The number of hydrogen-bond donors (Lipinski definition) is 1. The van der Waals surface area contributed by atoms with Crippen LogP contribution in [0.1, 0.15) is 18.5 Å². The molecule has 5 nitrogen and oxygen atoms in total. The fourth-order valence-corrected chi connectivity index (χ4v) is 2.66. The maximum atomic E-state index is 13.2. The summed E-state index contributed by atoms with van der Waals surface area (Å²) in [5.41, 5.74) is -0.730. The van der Waals surface area contributed by atoms with E-state index in [1.54, 1.807) is 23.1 Å². The first kappa shape index (κ1) is 15.7. The second-order valence-electron chi connectivity index (χ2n) is 5.32. The van der Waals surface area contributed by atoms with Gasteiger partial charge in [0.1, 0.15) is 11.5 Å². The van der Waals surface area contributed by atoms with Crippen molar-refractivity contribution in [3.63, 3.8) is 0 Å². The van der Waals surface area contributed by atoms with Crippen LogP contribution in [0.2, 0.25) is 0 Å². The molecule has 1 fully saturated rings. The van der Waals surface area contributed by atoms with E-state index in [2.05, 4.69) is 15.0 Å². The Morgan fingerprint density at radius 1 is 1.26 bits per heavy atom. The molecule has 8 heteroatoms. The summed E-state index contributed by atoms with van der Waals surface area (Å²) in [6.07, 6.45) is -1.57. The highest BCUT2D eigenvalue weighted by Crippen LogP contribution is 2.33. The molecule has 0 aromatic carbocycles. The number of pyridine rings is 1. The summed E-state index contributed by atoms with van der Waals surface area (Å²) in [4.78, 5) is 13.6. The Kier molecular flexibility index (Phi) is 4.16. The third kappa shape index (κ3) is 3.26. The van der Waals surface area contributed by atoms with Gasteiger partial charge in [0.2, 0.25) is 0 Å². The fourth-order valence-electron chi connectivity index (χ4n) is 2.66. The van der Waals surface area contributed by atoms with Crippen LogP contribution in [0, 0.1) is 0 Å². The van der Waals surface area contributed by atoms with Gasteiger partial charge in [-0.05, 0) is 25.0 Å². The molecule has 0 bridgehead atoms. The van der Waals surface area contributed by atoms with Crippen molar-refractivity contribution in [2.45, 2.75) is 25.1 Å². The average Bonchev–Trinajstić information content (AvgIpc) is 3.03. The Balaban J connectivity index is 2.09. The predicted molar refractivity (Wildman–Crippen MR) is 77.7 cm³/mol. The van der Waals surface area contributed by atoms with E-state index in [-0.39, 0.29) is 30.0 Å². The quantitative estimate of drug-likeness (QED) is 0.940. The highest BCUT2D eigenvalue weighted by molar-refractivity contribution is 5.54. The van der Waals surface area contributed by atoms with Gasteiger partial charge in [0.25, 0.3) is 0 Å². The molecule has 122 valence electrons. The molecule has 1 N–H and O–H groups in total. The Labute approximate surface area is 130 Å². The van der Waals surface area contributed by atoms with Gasteiger partial charge in [0, 0.05) is 18.8 Å². The molecule has 1 aliphatic rings. The molecular weight excluding hydrogens is 309 g/mol. The first-order chi connectivity index (χ1) is 11.0. The summed E-state index contributed by atoms with van der Waals surface area (Å²) >= 11 is 0. The van der Waals surface area contributed by atoms with Crippen LogP contribution in [-0.2, 0) is 6.18 Å². The molecule has 3 rings (SSSR count). The molecule has 1 saturated heterocycles. The number of aliphatic hydroxyl groups excluding tert-OH is 1. The van der Waals surface area contributed by atoms with Crippen LogP contribution in [0.25, 0.3) is 11.5 Å². The molecule has 0 aliphatic carbocycles. The van der Waals surface area contributed by atoms with Gasteiger partial charge in [-0.15, -0.1) is 0 Å². The number of halogens is 3. The van der Waals surface area contributed by atoms with Crippen LogP contribution >= 0.6 is 0 Å². The largest absolute Gasteiger partial charge is 0.433 e. The number of rotatable bonds is 3. The Bertz CT molecular complexity index is 678. The minimum Gasteiger partial charge on any atom is -0.394 e. The van der Waals surface area contributed by atoms with Crippen LogP contribution < -0.4 is 4.90 Å². The lowest BCUT2D eigenvalue weighted by molar-refractivity contribution is -0.141. The summed E-state index contributed by atoms with van der Waals surface area (Å²) in [6, 6.07) is 5.61. The van der Waals surface area contributed by atoms with Gasteiger partial charge >= 0.3 is 6.18 Å². The molecule has 23 heavy (non-hydrogen) atoms. The smallest absolute Gasteiger partial charge is 0.394 e. The maximum Gasteiger partial charge on any atom is 0.433 e. The van der Waals surface area contributed by atoms with E-state index in [4.69, 9.17) is 0 Å². The van der Waals surface area contributed by atoms with E-state index in [0.717, 1.165) is 18.9 Å². The minimum atomic E-state index is -4.57. The van der Waals surface area contributed by atoms with Gasteiger partial charge in [0.15, 0.2) is 11.5 Å². The molecule has 3 heterocycles. The Morgan fingerprint density at radius 3 is 2.74 bits per heavy atom. The van der Waals surface area contributed by atoms with Gasteiger partial charge in [-0.3, -0.25) is 4.98 Å². The lowest BCUT2D eigenvalue weighted by Crippen LogP contribution is -2.33. The van der Waals surface area contributed by atoms with Crippen LogP contribution in [0.4, 0.5) is 19.0 Å². The normalized spacial score (nSPS) is 18.4. The van der Waals surface area contributed by atoms with Crippen molar-refractivity contribution >= 4 is 5.82 Å². The van der Waals surface area contributed by atoms with Gasteiger partial charge in [-0.1, -0.05) is 6.07 Å². The van der Waals surface area contributed by atoms with Crippen LogP contribution in [0.3, 0.4) is 0 Å². The summed E-state index contributed by atoms with van der Waals surface area (Å²) in [5.74, 6) is 0.101. The van der Waals surface area contributed by atoms with E-state index in [1.807, 2.05) is 0 Å². The average molecular weight is 324 g/mol. The summed E-state index contributed by atoms with van der Waals surface area (Å²) in [5, 5.41) is 9.39. The second kappa shape index (κ2) is 6.11. The Hall–Kier alpha value is -2.22. The zero-order valence-electron chi connectivity index (χ0n) is 12.2. The number of aromatic nitrogens is 3. The molecule has 0 spiro atoms. The standard InChI is InChI=1S/C15H15F3N4O/c16-15(17,18)12-8-13(22-7-3-4-10(22)9-23)21-14(20-12)11-5-1-2-6-19-11/h1-2,5-6,8,10,23H,3-4,7,9H2/t10-/m0/s1. The molecule has 1 atom stereocenters. The third-order valence-electron chi connectivity index (χ3n) is 3.78. The zero-order valence-corrected chi connectivity index (χ0v) is 12.2. The first-order valence-electron chi connectivity index (χ1n) is 7.24. The van der Waals surface area contributed by atoms with Crippen LogP contribution in [-0.4, -0.2) is 39.3 Å². The molecule has 2 aromatic rings. The molecule has 1 aliphatic heterocycles. The van der Waals surface area contributed by atoms with E-state index >= 15 is 0 Å². The van der Waals surface area contributed by atoms with Gasteiger partial charge in [0.05, 0.1) is 12.6 Å². The van der Waals surface area contributed by atoms with Crippen molar-refractivity contribution < 1.29 is 18.3 Å². The summed E-state index contributed by atoms with van der Waals surface area (Å²) in [7, 11) is 0. The van der Waals surface area contributed by atoms with E-state index in [1.165, 1.54) is 6.20 Å². The molecule has 0 unspecified atom stereocenters. The lowest BCUT2D eigenvalue weighted by Gasteiger charge is -2.25. The number of alkyl halides is 3. The second-order valence-corrected chi connectivity index (χ2v) is 5.32. The molecule has 2 aromatic heterocycles. The van der Waals surface area contributed by atoms with E-state index in [9.17, 15) is 18.3 Å². The molecule has 0 saturated carbocycles. The highest BCUT2D eigenvalue weighted by atomic mass is 19.4. The maximum absolute atomic E-state index is 13.2. The zero-order chi connectivity index (χ0) is 16.4. The molecule has 0 radical (unpaired) electrons.